The minimum Gasteiger partial charge on any atom is -0.349 e. The van der Waals surface area contributed by atoms with Crippen LogP contribution in [0, 0.1) is 5.41 Å². The molecule has 0 unspecified atom stereocenters. The standard InChI is InChI=1S/C6H15N.C5H13N3/c1-4-7(5-2)6-3;1-7(2)5(6)8(3)4/h4-6H2,1-3H3;6H,1-4H3. The van der Waals surface area contributed by atoms with Gasteiger partial charge in [0, 0.05) is 28.2 Å². The van der Waals surface area contributed by atoms with E-state index < -0.39 is 0 Å². The Hall–Kier alpha value is -0.770. The average Bonchev–Trinajstić information content (AvgIpc) is 2.20. The van der Waals surface area contributed by atoms with Crippen LogP contribution in [0.3, 0.4) is 0 Å². The van der Waals surface area contributed by atoms with E-state index in [0.29, 0.717) is 5.96 Å². The van der Waals surface area contributed by atoms with Crippen molar-refractivity contribution in [1.82, 2.24) is 14.7 Å². The molecule has 15 heavy (non-hydrogen) atoms. The van der Waals surface area contributed by atoms with Crippen molar-refractivity contribution in [2.75, 3.05) is 47.8 Å². The van der Waals surface area contributed by atoms with E-state index in [4.69, 9.17) is 5.41 Å². The molecule has 0 saturated heterocycles. The van der Waals surface area contributed by atoms with Gasteiger partial charge in [0.05, 0.1) is 0 Å². The SMILES string of the molecule is CCN(CC)CC.CN(C)C(=N)N(C)C. The van der Waals surface area contributed by atoms with Gasteiger partial charge in [-0.25, -0.2) is 0 Å². The van der Waals surface area contributed by atoms with E-state index in [2.05, 4.69) is 25.7 Å². The lowest BCUT2D eigenvalue weighted by Gasteiger charge is -2.19. The van der Waals surface area contributed by atoms with Gasteiger partial charge in [0.1, 0.15) is 0 Å². The van der Waals surface area contributed by atoms with E-state index in [1.54, 1.807) is 9.80 Å². The maximum Gasteiger partial charge on any atom is 0.192 e. The Labute approximate surface area is 95.4 Å². The number of hydrogen-bond acceptors (Lipinski definition) is 2. The maximum absolute atomic E-state index is 7.25. The Kier molecular flexibility index (Phi) is 10.8. The third-order valence-corrected chi connectivity index (χ3v) is 2.19. The van der Waals surface area contributed by atoms with Crippen molar-refractivity contribution >= 4 is 5.96 Å². The third-order valence-electron chi connectivity index (χ3n) is 2.19. The van der Waals surface area contributed by atoms with Gasteiger partial charge in [-0.3, -0.25) is 5.41 Å². The van der Waals surface area contributed by atoms with Gasteiger partial charge >= 0.3 is 0 Å². The van der Waals surface area contributed by atoms with Crippen LogP contribution in [-0.2, 0) is 0 Å². The summed E-state index contributed by atoms with van der Waals surface area (Å²) in [5.74, 6) is 0.519. The van der Waals surface area contributed by atoms with Gasteiger partial charge < -0.3 is 14.7 Å². The zero-order valence-electron chi connectivity index (χ0n) is 11.5. The fraction of sp³-hybridized carbons (Fsp3) is 0.909. The number of nitrogens with zero attached hydrogens (tertiary/aromatic N) is 3. The van der Waals surface area contributed by atoms with E-state index >= 15 is 0 Å². The van der Waals surface area contributed by atoms with Crippen LogP contribution in [0.15, 0.2) is 0 Å². The molecule has 0 aliphatic rings. The lowest BCUT2D eigenvalue weighted by molar-refractivity contribution is 0.321. The van der Waals surface area contributed by atoms with Crippen molar-refractivity contribution in [3.63, 3.8) is 0 Å². The summed E-state index contributed by atoms with van der Waals surface area (Å²) in [5.41, 5.74) is 0. The molecule has 0 aromatic carbocycles. The van der Waals surface area contributed by atoms with Gasteiger partial charge in [-0.1, -0.05) is 20.8 Å². The van der Waals surface area contributed by atoms with Crippen LogP contribution in [0.1, 0.15) is 20.8 Å². The molecular formula is C11H28N4. The topological polar surface area (TPSA) is 33.6 Å². The minimum atomic E-state index is 0.519. The molecule has 0 heterocycles. The highest BCUT2D eigenvalue weighted by molar-refractivity contribution is 5.75. The molecule has 0 radical (unpaired) electrons. The van der Waals surface area contributed by atoms with Crippen LogP contribution in [0.4, 0.5) is 0 Å². The van der Waals surface area contributed by atoms with Gasteiger partial charge in [0.15, 0.2) is 5.96 Å². The molecule has 0 spiro atoms. The van der Waals surface area contributed by atoms with E-state index in [9.17, 15) is 0 Å². The summed E-state index contributed by atoms with van der Waals surface area (Å²) in [6.45, 7) is 10.1. The first-order valence-corrected chi connectivity index (χ1v) is 5.56. The first-order valence-electron chi connectivity index (χ1n) is 5.56. The normalized spacial score (nSPS) is 9.33. The van der Waals surface area contributed by atoms with Crippen molar-refractivity contribution < 1.29 is 0 Å². The van der Waals surface area contributed by atoms with Crippen LogP contribution < -0.4 is 0 Å². The molecule has 0 aliphatic heterocycles. The zero-order chi connectivity index (χ0) is 12.4. The van der Waals surface area contributed by atoms with Gasteiger partial charge in [0.2, 0.25) is 0 Å². The zero-order valence-corrected chi connectivity index (χ0v) is 11.5. The molecule has 0 aromatic heterocycles. The summed E-state index contributed by atoms with van der Waals surface area (Å²) in [5, 5.41) is 7.25. The Morgan fingerprint density at radius 2 is 1.07 bits per heavy atom. The van der Waals surface area contributed by atoms with Crippen molar-refractivity contribution in [2.45, 2.75) is 20.8 Å². The fourth-order valence-corrected chi connectivity index (χ4v) is 1.07. The summed E-state index contributed by atoms with van der Waals surface area (Å²) >= 11 is 0. The molecule has 0 aromatic rings. The Morgan fingerprint density at radius 3 is 1.07 bits per heavy atom. The van der Waals surface area contributed by atoms with E-state index in [1.165, 1.54) is 19.6 Å². The van der Waals surface area contributed by atoms with Gasteiger partial charge in [-0.2, -0.15) is 0 Å². The van der Waals surface area contributed by atoms with Crippen LogP contribution in [0.2, 0.25) is 0 Å². The molecule has 0 fully saturated rings. The number of rotatable bonds is 3. The quantitative estimate of drug-likeness (QED) is 0.572. The number of guanidine groups is 1. The summed E-state index contributed by atoms with van der Waals surface area (Å²) < 4.78 is 0. The molecule has 0 atom stereocenters. The van der Waals surface area contributed by atoms with Crippen molar-refractivity contribution in [2.24, 2.45) is 0 Å². The smallest absolute Gasteiger partial charge is 0.192 e. The monoisotopic (exact) mass is 216 g/mol. The van der Waals surface area contributed by atoms with Gasteiger partial charge in [-0.05, 0) is 19.6 Å². The summed E-state index contributed by atoms with van der Waals surface area (Å²) in [4.78, 5) is 5.88. The second-order valence-electron chi connectivity index (χ2n) is 3.73. The molecule has 0 aliphatic carbocycles. The van der Waals surface area contributed by atoms with Crippen molar-refractivity contribution in [1.29, 1.82) is 5.41 Å². The predicted octanol–water partition coefficient (Wildman–Crippen LogP) is 1.39. The summed E-state index contributed by atoms with van der Waals surface area (Å²) in [6, 6.07) is 0. The first kappa shape index (κ1) is 16.7. The van der Waals surface area contributed by atoms with Gasteiger partial charge in [0.25, 0.3) is 0 Å². The second-order valence-corrected chi connectivity index (χ2v) is 3.73. The lowest BCUT2D eigenvalue weighted by Crippen LogP contribution is -2.34. The average molecular weight is 216 g/mol. The van der Waals surface area contributed by atoms with E-state index in [1.807, 2.05) is 28.2 Å². The third kappa shape index (κ3) is 9.53. The molecule has 0 saturated carbocycles. The molecule has 0 amide bonds. The summed E-state index contributed by atoms with van der Waals surface area (Å²) in [6.07, 6.45) is 0. The van der Waals surface area contributed by atoms with Crippen molar-refractivity contribution in [3.8, 4) is 0 Å². The van der Waals surface area contributed by atoms with Crippen molar-refractivity contribution in [3.05, 3.63) is 0 Å². The highest BCUT2D eigenvalue weighted by Crippen LogP contribution is 1.82. The minimum absolute atomic E-state index is 0.519. The molecule has 0 bridgehead atoms. The van der Waals surface area contributed by atoms with Crippen LogP contribution in [0.5, 0.6) is 0 Å². The van der Waals surface area contributed by atoms with E-state index in [0.717, 1.165) is 0 Å². The largest absolute Gasteiger partial charge is 0.349 e. The summed E-state index contributed by atoms with van der Waals surface area (Å²) in [7, 11) is 7.40. The number of nitrogens with one attached hydrogen (secondary N) is 1. The predicted molar refractivity (Wildman–Crippen MR) is 68.6 cm³/mol. The Bertz CT molecular complexity index is 135. The highest BCUT2D eigenvalue weighted by atomic mass is 15.3. The number of hydrogen-bond donors (Lipinski definition) is 1. The van der Waals surface area contributed by atoms with Crippen LogP contribution in [0.25, 0.3) is 0 Å². The molecule has 1 N–H and O–H groups in total. The maximum atomic E-state index is 7.25. The Morgan fingerprint density at radius 1 is 0.800 bits per heavy atom. The molecular weight excluding hydrogens is 188 g/mol. The van der Waals surface area contributed by atoms with Crippen LogP contribution in [-0.4, -0.2) is 68.5 Å². The fourth-order valence-electron chi connectivity index (χ4n) is 1.07. The van der Waals surface area contributed by atoms with Crippen LogP contribution >= 0.6 is 0 Å². The lowest BCUT2D eigenvalue weighted by atomic mass is 10.5. The first-order chi connectivity index (χ1) is 6.90. The van der Waals surface area contributed by atoms with E-state index in [-0.39, 0.29) is 0 Å². The molecule has 4 heteroatoms. The van der Waals surface area contributed by atoms with Gasteiger partial charge in [-0.15, -0.1) is 0 Å². The second kappa shape index (κ2) is 9.77. The molecule has 0 rings (SSSR count). The molecule has 4 nitrogen and oxygen atoms in total. The Balaban J connectivity index is 0. The molecule has 92 valence electrons. The highest BCUT2D eigenvalue weighted by Gasteiger charge is 1.97.